The molecule has 0 saturated carbocycles. The summed E-state index contributed by atoms with van der Waals surface area (Å²) in [5.74, 6) is -0.147. The molecule has 3 aromatic rings. The van der Waals surface area contributed by atoms with Gasteiger partial charge in [0.25, 0.3) is 0 Å². The molecule has 1 aromatic heterocycles. The van der Waals surface area contributed by atoms with E-state index < -0.39 is 10.0 Å². The second kappa shape index (κ2) is 8.44. The summed E-state index contributed by atoms with van der Waals surface area (Å²) < 4.78 is 29.0. The van der Waals surface area contributed by atoms with Crippen LogP contribution in [0, 0.1) is 5.92 Å². The van der Waals surface area contributed by atoms with Gasteiger partial charge in [0.1, 0.15) is 6.33 Å². The molecule has 0 spiro atoms. The highest BCUT2D eigenvalue weighted by Crippen LogP contribution is 2.32. The van der Waals surface area contributed by atoms with E-state index in [1.807, 2.05) is 12.1 Å². The van der Waals surface area contributed by atoms with Crippen LogP contribution in [0.3, 0.4) is 0 Å². The third-order valence-corrected chi connectivity index (χ3v) is 8.27. The van der Waals surface area contributed by atoms with Crippen molar-refractivity contribution in [2.75, 3.05) is 13.1 Å². The molecule has 5 rings (SSSR count). The van der Waals surface area contributed by atoms with E-state index in [1.54, 1.807) is 24.3 Å². The van der Waals surface area contributed by atoms with E-state index in [0.29, 0.717) is 31.6 Å². The lowest BCUT2D eigenvalue weighted by Gasteiger charge is -2.31. The van der Waals surface area contributed by atoms with Crippen LogP contribution in [0.4, 0.5) is 0 Å². The van der Waals surface area contributed by atoms with Crippen molar-refractivity contribution in [3.63, 3.8) is 0 Å². The van der Waals surface area contributed by atoms with E-state index >= 15 is 0 Å². The van der Waals surface area contributed by atoms with Crippen LogP contribution >= 0.6 is 0 Å². The molecule has 1 atom stereocenters. The summed E-state index contributed by atoms with van der Waals surface area (Å²) in [7, 11) is -3.62. The predicted octanol–water partition coefficient (Wildman–Crippen LogP) is 1.87. The molecular weight excluding hydrogens is 428 g/mol. The van der Waals surface area contributed by atoms with Gasteiger partial charge in [0, 0.05) is 19.0 Å². The SMILES string of the molecule is O=C(N[C@H]1CCc2ccccc21)C1CCN(S(=O)(=O)c2ccc(-n3cnnn3)cc2)CC1. The van der Waals surface area contributed by atoms with E-state index in [-0.39, 0.29) is 22.8 Å². The summed E-state index contributed by atoms with van der Waals surface area (Å²) >= 11 is 0. The fraction of sp³-hybridized carbons (Fsp3) is 0.364. The van der Waals surface area contributed by atoms with Crippen LogP contribution in [0.1, 0.15) is 36.4 Å². The molecule has 1 N–H and O–H groups in total. The summed E-state index contributed by atoms with van der Waals surface area (Å²) in [5, 5.41) is 14.1. The number of carbonyl (C=O) groups excluding carboxylic acids is 1. The zero-order valence-corrected chi connectivity index (χ0v) is 18.3. The molecular formula is C22H24N6O3S. The number of sulfonamides is 1. The molecule has 2 aliphatic rings. The summed E-state index contributed by atoms with van der Waals surface area (Å²) in [5.41, 5.74) is 3.17. The van der Waals surface area contributed by atoms with Gasteiger partial charge in [-0.1, -0.05) is 24.3 Å². The van der Waals surface area contributed by atoms with E-state index in [1.165, 1.54) is 26.4 Å². The Morgan fingerprint density at radius 1 is 1.00 bits per heavy atom. The van der Waals surface area contributed by atoms with Crippen molar-refractivity contribution in [1.82, 2.24) is 29.8 Å². The molecule has 166 valence electrons. The van der Waals surface area contributed by atoms with Gasteiger partial charge in [0.2, 0.25) is 15.9 Å². The molecule has 0 unspecified atom stereocenters. The molecule has 1 fully saturated rings. The van der Waals surface area contributed by atoms with Crippen molar-refractivity contribution in [2.24, 2.45) is 5.92 Å². The Hall–Kier alpha value is -3.11. The highest BCUT2D eigenvalue weighted by Gasteiger charge is 2.33. The number of rotatable bonds is 5. The topological polar surface area (TPSA) is 110 Å². The Morgan fingerprint density at radius 2 is 1.75 bits per heavy atom. The number of amides is 1. The van der Waals surface area contributed by atoms with Gasteiger partial charge in [-0.3, -0.25) is 4.79 Å². The highest BCUT2D eigenvalue weighted by atomic mass is 32.2. The van der Waals surface area contributed by atoms with Crippen molar-refractivity contribution in [1.29, 1.82) is 0 Å². The lowest BCUT2D eigenvalue weighted by Crippen LogP contribution is -2.43. The number of nitrogens with one attached hydrogen (secondary N) is 1. The molecule has 2 aromatic carbocycles. The Balaban J connectivity index is 1.20. The molecule has 1 amide bonds. The minimum atomic E-state index is -3.62. The maximum atomic E-state index is 13.1. The molecule has 9 nitrogen and oxygen atoms in total. The Bertz CT molecular complexity index is 1200. The van der Waals surface area contributed by atoms with Crippen molar-refractivity contribution >= 4 is 15.9 Å². The van der Waals surface area contributed by atoms with Crippen LogP contribution in [0.15, 0.2) is 59.8 Å². The quantitative estimate of drug-likeness (QED) is 0.633. The van der Waals surface area contributed by atoms with Gasteiger partial charge in [-0.05, 0) is 71.5 Å². The first-order valence-electron chi connectivity index (χ1n) is 10.7. The van der Waals surface area contributed by atoms with Gasteiger partial charge < -0.3 is 5.32 Å². The van der Waals surface area contributed by atoms with E-state index in [9.17, 15) is 13.2 Å². The van der Waals surface area contributed by atoms with Gasteiger partial charge in [-0.2, -0.15) is 4.31 Å². The van der Waals surface area contributed by atoms with Crippen molar-refractivity contribution < 1.29 is 13.2 Å². The molecule has 0 bridgehead atoms. The van der Waals surface area contributed by atoms with Crippen LogP contribution in [-0.2, 0) is 21.2 Å². The number of hydrogen-bond acceptors (Lipinski definition) is 6. The van der Waals surface area contributed by atoms with Crippen LogP contribution in [0.5, 0.6) is 0 Å². The largest absolute Gasteiger partial charge is 0.349 e. The van der Waals surface area contributed by atoms with Gasteiger partial charge in [-0.25, -0.2) is 13.1 Å². The summed E-state index contributed by atoms with van der Waals surface area (Å²) in [6.07, 6.45) is 4.37. The third-order valence-electron chi connectivity index (χ3n) is 6.36. The number of benzene rings is 2. The third kappa shape index (κ3) is 3.91. The van der Waals surface area contributed by atoms with Gasteiger partial charge in [0.15, 0.2) is 0 Å². The van der Waals surface area contributed by atoms with Gasteiger partial charge >= 0.3 is 0 Å². The molecule has 0 radical (unpaired) electrons. The number of fused-ring (bicyclic) bond motifs is 1. The van der Waals surface area contributed by atoms with Crippen LogP contribution < -0.4 is 5.32 Å². The van der Waals surface area contributed by atoms with Crippen molar-refractivity contribution in [3.8, 4) is 5.69 Å². The predicted molar refractivity (Wildman–Crippen MR) is 116 cm³/mol. The molecule has 1 saturated heterocycles. The van der Waals surface area contributed by atoms with Crippen molar-refractivity contribution in [2.45, 2.75) is 36.6 Å². The second-order valence-corrected chi connectivity index (χ2v) is 10.2. The number of tetrazole rings is 1. The smallest absolute Gasteiger partial charge is 0.243 e. The number of piperidine rings is 1. The van der Waals surface area contributed by atoms with Crippen LogP contribution in [0.2, 0.25) is 0 Å². The van der Waals surface area contributed by atoms with E-state index in [0.717, 1.165) is 12.8 Å². The Morgan fingerprint density at radius 3 is 2.47 bits per heavy atom. The minimum absolute atomic E-state index is 0.0227. The van der Waals surface area contributed by atoms with E-state index in [2.05, 4.69) is 33.0 Å². The van der Waals surface area contributed by atoms with Crippen molar-refractivity contribution in [3.05, 3.63) is 66.0 Å². The zero-order chi connectivity index (χ0) is 22.1. The zero-order valence-electron chi connectivity index (χ0n) is 17.5. The van der Waals surface area contributed by atoms with Crippen LogP contribution in [0.25, 0.3) is 5.69 Å². The average molecular weight is 453 g/mol. The maximum Gasteiger partial charge on any atom is 0.243 e. The molecule has 1 aliphatic heterocycles. The number of nitrogens with zero attached hydrogens (tertiary/aromatic N) is 5. The summed E-state index contributed by atoms with van der Waals surface area (Å²) in [6, 6.07) is 14.7. The fourth-order valence-corrected chi connectivity index (χ4v) is 6.02. The molecule has 1 aliphatic carbocycles. The monoisotopic (exact) mass is 452 g/mol. The number of hydrogen-bond donors (Lipinski definition) is 1. The number of aromatic nitrogens is 4. The average Bonchev–Trinajstić information content (AvgIpc) is 3.50. The van der Waals surface area contributed by atoms with Crippen LogP contribution in [-0.4, -0.2) is 51.9 Å². The normalized spacial score (nSPS) is 19.6. The first-order valence-corrected chi connectivity index (χ1v) is 12.2. The Labute approximate surface area is 186 Å². The van der Waals surface area contributed by atoms with Gasteiger partial charge in [-0.15, -0.1) is 5.10 Å². The van der Waals surface area contributed by atoms with Gasteiger partial charge in [0.05, 0.1) is 16.6 Å². The Kier molecular flexibility index (Phi) is 5.48. The number of aryl methyl sites for hydroxylation is 1. The summed E-state index contributed by atoms with van der Waals surface area (Å²) in [6.45, 7) is 0.660. The summed E-state index contributed by atoms with van der Waals surface area (Å²) in [4.78, 5) is 13.1. The maximum absolute atomic E-state index is 13.1. The minimum Gasteiger partial charge on any atom is -0.349 e. The lowest BCUT2D eigenvalue weighted by atomic mass is 9.96. The van der Waals surface area contributed by atoms with E-state index in [4.69, 9.17) is 0 Å². The molecule has 2 heterocycles. The standard InChI is InChI=1S/C22H24N6O3S/c29-22(24-21-10-5-16-3-1-2-4-20(16)21)17-11-13-27(14-12-17)32(30,31)19-8-6-18(7-9-19)28-15-23-25-26-28/h1-4,6-9,15,17,21H,5,10-14H2,(H,24,29)/t21-/m0/s1. The molecule has 10 heteroatoms. The first kappa shape index (κ1) is 20.8. The fourth-order valence-electron chi connectivity index (χ4n) is 4.55. The highest BCUT2D eigenvalue weighted by molar-refractivity contribution is 7.89. The lowest BCUT2D eigenvalue weighted by molar-refractivity contribution is -0.126. The molecule has 32 heavy (non-hydrogen) atoms. The second-order valence-electron chi connectivity index (χ2n) is 8.23. The number of carbonyl (C=O) groups is 1. The first-order chi connectivity index (χ1) is 15.5.